The average Bonchev–Trinajstić information content (AvgIpc) is 2.03. The lowest BCUT2D eigenvalue weighted by atomic mass is 10.2. The largest absolute Gasteiger partial charge is 0.290 e. The maximum atomic E-state index is 10.4. The van der Waals surface area contributed by atoms with Crippen LogP contribution in [-0.2, 0) is 5.88 Å². The summed E-state index contributed by atoms with van der Waals surface area (Å²) in [5.41, 5.74) is 1.27. The fourth-order valence-corrected chi connectivity index (χ4v) is 1.02. The lowest BCUT2D eigenvalue weighted by Gasteiger charge is -1.97. The molecule has 0 saturated carbocycles. The van der Waals surface area contributed by atoms with E-state index in [1.54, 1.807) is 13.0 Å². The summed E-state index contributed by atoms with van der Waals surface area (Å²) in [5.74, 6) is 0.277. The van der Waals surface area contributed by atoms with E-state index >= 15 is 0 Å². The third-order valence-corrected chi connectivity index (χ3v) is 1.75. The minimum Gasteiger partial charge on any atom is -0.258 e. The quantitative estimate of drug-likeness (QED) is 0.404. The molecule has 0 atom stereocenters. The van der Waals surface area contributed by atoms with E-state index in [-0.39, 0.29) is 11.6 Å². The molecule has 0 spiro atoms. The molecule has 0 bridgehead atoms. The van der Waals surface area contributed by atoms with Crippen molar-refractivity contribution in [3.05, 3.63) is 33.6 Å². The minimum absolute atomic E-state index is 0.0314. The van der Waals surface area contributed by atoms with Crippen molar-refractivity contribution in [3.63, 3.8) is 0 Å². The lowest BCUT2D eigenvalue weighted by Crippen LogP contribution is -1.94. The van der Waals surface area contributed by atoms with Gasteiger partial charge in [-0.3, -0.25) is 15.1 Å². The van der Waals surface area contributed by atoms with Crippen LogP contribution in [0.5, 0.6) is 0 Å². The summed E-state index contributed by atoms with van der Waals surface area (Å²) in [4.78, 5) is 13.7. The van der Waals surface area contributed by atoms with E-state index in [0.717, 1.165) is 0 Å². The van der Waals surface area contributed by atoms with Crippen LogP contribution in [0.3, 0.4) is 0 Å². The Kier molecular flexibility index (Phi) is 2.60. The van der Waals surface area contributed by atoms with Crippen molar-refractivity contribution in [3.8, 4) is 0 Å². The highest BCUT2D eigenvalue weighted by molar-refractivity contribution is 6.16. The van der Waals surface area contributed by atoms with Gasteiger partial charge in [-0.1, -0.05) is 0 Å². The first-order valence-corrected chi connectivity index (χ1v) is 3.84. The molecule has 0 aliphatic heterocycles. The van der Waals surface area contributed by atoms with Crippen LogP contribution in [0.4, 0.5) is 5.69 Å². The Morgan fingerprint density at radius 2 is 2.42 bits per heavy atom. The van der Waals surface area contributed by atoms with Crippen molar-refractivity contribution in [1.29, 1.82) is 0 Å². The van der Waals surface area contributed by atoms with Gasteiger partial charge in [0.25, 0.3) is 5.69 Å². The molecule has 0 radical (unpaired) electrons. The van der Waals surface area contributed by atoms with E-state index < -0.39 is 4.92 Å². The van der Waals surface area contributed by atoms with Crippen molar-refractivity contribution in [2.75, 3.05) is 0 Å². The number of hydrogen-bond acceptors (Lipinski definition) is 3. The van der Waals surface area contributed by atoms with Crippen molar-refractivity contribution in [2.45, 2.75) is 12.8 Å². The Labute approximate surface area is 74.3 Å². The molecule has 64 valence electrons. The van der Waals surface area contributed by atoms with Crippen molar-refractivity contribution < 1.29 is 4.92 Å². The van der Waals surface area contributed by atoms with Crippen LogP contribution in [0.15, 0.2) is 12.3 Å². The molecule has 0 fully saturated rings. The second kappa shape index (κ2) is 3.49. The van der Waals surface area contributed by atoms with Crippen molar-refractivity contribution in [1.82, 2.24) is 4.98 Å². The summed E-state index contributed by atoms with van der Waals surface area (Å²) in [6.07, 6.45) is 1.23. The third kappa shape index (κ3) is 1.71. The Morgan fingerprint density at radius 1 is 1.75 bits per heavy atom. The number of nitrogens with zero attached hydrogens (tertiary/aromatic N) is 2. The van der Waals surface area contributed by atoms with Gasteiger partial charge < -0.3 is 0 Å². The molecule has 0 aliphatic carbocycles. The zero-order valence-electron chi connectivity index (χ0n) is 6.45. The second-order valence-corrected chi connectivity index (χ2v) is 2.62. The normalized spacial score (nSPS) is 9.83. The predicted octanol–water partition coefficient (Wildman–Crippen LogP) is 2.04. The lowest BCUT2D eigenvalue weighted by molar-refractivity contribution is -0.385. The fourth-order valence-electron chi connectivity index (χ4n) is 0.871. The van der Waals surface area contributed by atoms with Crippen LogP contribution < -0.4 is 0 Å². The number of rotatable bonds is 2. The van der Waals surface area contributed by atoms with Crippen LogP contribution in [0.1, 0.15) is 11.3 Å². The van der Waals surface area contributed by atoms with Crippen LogP contribution in [0.25, 0.3) is 0 Å². The first-order chi connectivity index (χ1) is 5.65. The summed E-state index contributed by atoms with van der Waals surface area (Å²) < 4.78 is 0. The summed E-state index contributed by atoms with van der Waals surface area (Å²) in [5, 5.41) is 10.4. The van der Waals surface area contributed by atoms with Gasteiger partial charge in [0, 0.05) is 5.56 Å². The predicted molar refractivity (Wildman–Crippen MR) is 45.2 cm³/mol. The van der Waals surface area contributed by atoms with Gasteiger partial charge in [0.1, 0.15) is 6.20 Å². The van der Waals surface area contributed by atoms with Crippen molar-refractivity contribution in [2.24, 2.45) is 0 Å². The van der Waals surface area contributed by atoms with Gasteiger partial charge in [0.2, 0.25) is 0 Å². The molecule has 0 amide bonds. The monoisotopic (exact) mass is 186 g/mol. The topological polar surface area (TPSA) is 56.0 Å². The van der Waals surface area contributed by atoms with Crippen LogP contribution in [0.2, 0.25) is 0 Å². The zero-order valence-corrected chi connectivity index (χ0v) is 7.21. The maximum Gasteiger partial charge on any atom is 0.290 e. The molecule has 1 aromatic heterocycles. The Balaban J connectivity index is 3.12. The SMILES string of the molecule is Cc1cc(CCl)ncc1[N+](=O)[O-]. The molecule has 12 heavy (non-hydrogen) atoms. The second-order valence-electron chi connectivity index (χ2n) is 2.35. The van der Waals surface area contributed by atoms with Gasteiger partial charge in [0.05, 0.1) is 16.5 Å². The number of hydrogen-bond donors (Lipinski definition) is 0. The van der Waals surface area contributed by atoms with Gasteiger partial charge >= 0.3 is 0 Å². The molecule has 1 rings (SSSR count). The summed E-state index contributed by atoms with van der Waals surface area (Å²) >= 11 is 5.50. The van der Waals surface area contributed by atoms with Crippen LogP contribution in [-0.4, -0.2) is 9.91 Å². The molecule has 0 aliphatic rings. The molecule has 0 N–H and O–H groups in total. The first kappa shape index (κ1) is 8.93. The molecule has 4 nitrogen and oxygen atoms in total. The van der Waals surface area contributed by atoms with Gasteiger partial charge in [-0.15, -0.1) is 11.6 Å². The molecular formula is C7H7ClN2O2. The van der Waals surface area contributed by atoms with Crippen LogP contribution >= 0.6 is 11.6 Å². The van der Waals surface area contributed by atoms with Gasteiger partial charge in [-0.05, 0) is 13.0 Å². The van der Waals surface area contributed by atoms with E-state index in [1.807, 2.05) is 0 Å². The Morgan fingerprint density at radius 3 is 2.83 bits per heavy atom. The summed E-state index contributed by atoms with van der Waals surface area (Å²) in [6.45, 7) is 1.66. The van der Waals surface area contributed by atoms with E-state index in [0.29, 0.717) is 11.3 Å². The molecule has 5 heteroatoms. The average molecular weight is 187 g/mol. The number of pyridine rings is 1. The number of aromatic nitrogens is 1. The highest BCUT2D eigenvalue weighted by Crippen LogP contribution is 2.16. The molecule has 0 unspecified atom stereocenters. The summed E-state index contributed by atoms with van der Waals surface area (Å²) in [6, 6.07) is 1.62. The number of nitro groups is 1. The maximum absolute atomic E-state index is 10.4. The van der Waals surface area contributed by atoms with Crippen LogP contribution in [0, 0.1) is 17.0 Å². The number of alkyl halides is 1. The fraction of sp³-hybridized carbons (Fsp3) is 0.286. The molecule has 0 saturated heterocycles. The van der Waals surface area contributed by atoms with Gasteiger partial charge in [-0.25, -0.2) is 0 Å². The third-order valence-electron chi connectivity index (χ3n) is 1.47. The first-order valence-electron chi connectivity index (χ1n) is 3.31. The summed E-state index contributed by atoms with van der Waals surface area (Å²) in [7, 11) is 0. The Hall–Kier alpha value is -1.16. The molecular weight excluding hydrogens is 180 g/mol. The smallest absolute Gasteiger partial charge is 0.258 e. The highest BCUT2D eigenvalue weighted by atomic mass is 35.5. The number of halogens is 1. The highest BCUT2D eigenvalue weighted by Gasteiger charge is 2.10. The van der Waals surface area contributed by atoms with Gasteiger partial charge in [-0.2, -0.15) is 0 Å². The van der Waals surface area contributed by atoms with E-state index in [1.165, 1.54) is 6.20 Å². The van der Waals surface area contributed by atoms with E-state index in [4.69, 9.17) is 11.6 Å². The van der Waals surface area contributed by atoms with E-state index in [2.05, 4.69) is 4.98 Å². The molecule has 0 aromatic carbocycles. The number of aryl methyl sites for hydroxylation is 1. The minimum atomic E-state index is -0.458. The van der Waals surface area contributed by atoms with Crippen molar-refractivity contribution >= 4 is 17.3 Å². The van der Waals surface area contributed by atoms with E-state index in [9.17, 15) is 10.1 Å². The molecule has 1 aromatic rings. The molecule has 1 heterocycles. The Bertz CT molecular complexity index is 314. The standard InChI is InChI=1S/C7H7ClN2O2/c1-5-2-6(3-8)9-4-7(5)10(11)12/h2,4H,3H2,1H3. The zero-order chi connectivity index (χ0) is 9.14. The van der Waals surface area contributed by atoms with Gasteiger partial charge in [0.15, 0.2) is 0 Å².